The van der Waals surface area contributed by atoms with Gasteiger partial charge in [0.05, 0.1) is 18.8 Å². The van der Waals surface area contributed by atoms with Gasteiger partial charge in [-0.2, -0.15) is 0 Å². The van der Waals surface area contributed by atoms with Gasteiger partial charge in [-0.25, -0.2) is 4.98 Å². The van der Waals surface area contributed by atoms with Crippen LogP contribution in [0.25, 0.3) is 0 Å². The second-order valence-corrected chi connectivity index (χ2v) is 3.94. The van der Waals surface area contributed by atoms with Crippen molar-refractivity contribution in [1.82, 2.24) is 15.6 Å². The number of amides is 1. The number of nitrogens with one attached hydrogen (secondary N) is 2. The smallest absolute Gasteiger partial charge is 0.237 e. The largest absolute Gasteiger partial charge is 0.444 e. The van der Waals surface area contributed by atoms with Gasteiger partial charge >= 0.3 is 0 Å². The molecule has 1 aliphatic heterocycles. The van der Waals surface area contributed by atoms with Crippen LogP contribution in [0.5, 0.6) is 0 Å². The highest BCUT2D eigenvalue weighted by atomic mass is 16.4. The first kappa shape index (κ1) is 11.1. The molecule has 1 atom stereocenters. The zero-order valence-corrected chi connectivity index (χ0v) is 9.45. The lowest BCUT2D eigenvalue weighted by molar-refractivity contribution is -0.123. The Morgan fingerprint density at radius 3 is 3.25 bits per heavy atom. The number of carbonyl (C=O) groups is 1. The van der Waals surface area contributed by atoms with E-state index >= 15 is 0 Å². The molecule has 1 amide bonds. The molecule has 2 heterocycles. The summed E-state index contributed by atoms with van der Waals surface area (Å²) in [5, 5.41) is 5.97. The highest BCUT2D eigenvalue weighted by Gasteiger charge is 2.21. The van der Waals surface area contributed by atoms with Crippen molar-refractivity contribution in [3.8, 4) is 0 Å². The summed E-state index contributed by atoms with van der Waals surface area (Å²) in [5.41, 5.74) is 0. The Labute approximate surface area is 94.6 Å². The molecule has 0 saturated carbocycles. The molecule has 1 aromatic heterocycles. The molecule has 5 nitrogen and oxygen atoms in total. The van der Waals surface area contributed by atoms with E-state index in [0.717, 1.165) is 31.6 Å². The van der Waals surface area contributed by atoms with E-state index in [1.54, 1.807) is 6.20 Å². The molecule has 0 bridgehead atoms. The normalized spacial score (nSPS) is 19.9. The predicted octanol–water partition coefficient (Wildman–Crippen LogP) is 0.605. The molecule has 1 aromatic rings. The minimum atomic E-state index is -0.0411. The van der Waals surface area contributed by atoms with Crippen LogP contribution in [0.4, 0.5) is 0 Å². The van der Waals surface area contributed by atoms with Crippen LogP contribution in [0.3, 0.4) is 0 Å². The fourth-order valence-electron chi connectivity index (χ4n) is 1.79. The fraction of sp³-hybridized carbons (Fsp3) is 0.636. The van der Waals surface area contributed by atoms with Gasteiger partial charge in [0.1, 0.15) is 5.76 Å². The van der Waals surface area contributed by atoms with E-state index in [1.807, 2.05) is 6.92 Å². The third-order valence-electron chi connectivity index (χ3n) is 2.74. The van der Waals surface area contributed by atoms with E-state index in [2.05, 4.69) is 15.6 Å². The number of nitrogens with zero attached hydrogens (tertiary/aromatic N) is 1. The molecular weight excluding hydrogens is 206 g/mol. The average molecular weight is 223 g/mol. The van der Waals surface area contributed by atoms with Crippen molar-refractivity contribution in [3.63, 3.8) is 0 Å². The zero-order chi connectivity index (χ0) is 11.4. The van der Waals surface area contributed by atoms with E-state index in [4.69, 9.17) is 4.42 Å². The van der Waals surface area contributed by atoms with Gasteiger partial charge in [0.2, 0.25) is 11.8 Å². The Morgan fingerprint density at radius 1 is 1.75 bits per heavy atom. The van der Waals surface area contributed by atoms with Gasteiger partial charge in [-0.3, -0.25) is 4.79 Å². The first-order valence-electron chi connectivity index (χ1n) is 5.74. The van der Waals surface area contributed by atoms with Crippen LogP contribution in [-0.2, 0) is 17.8 Å². The second-order valence-electron chi connectivity index (χ2n) is 3.94. The van der Waals surface area contributed by atoms with Gasteiger partial charge in [0.25, 0.3) is 0 Å². The predicted molar refractivity (Wildman–Crippen MR) is 58.8 cm³/mol. The lowest BCUT2D eigenvalue weighted by Gasteiger charge is -2.09. The number of rotatable bonds is 4. The zero-order valence-electron chi connectivity index (χ0n) is 9.45. The standard InChI is InChI=1S/C11H17N3O2/c1-2-8-6-13-10(16-8)7-14-11(15)9-4-3-5-12-9/h6,9,12H,2-5,7H2,1H3,(H,14,15)/t9-/m0/s1. The summed E-state index contributed by atoms with van der Waals surface area (Å²) in [6.07, 6.45) is 4.51. The summed E-state index contributed by atoms with van der Waals surface area (Å²) < 4.78 is 5.40. The number of carbonyl (C=O) groups excluding carboxylic acids is 1. The van der Waals surface area contributed by atoms with Crippen molar-refractivity contribution in [3.05, 3.63) is 17.8 Å². The molecular formula is C11H17N3O2. The van der Waals surface area contributed by atoms with Crippen LogP contribution in [-0.4, -0.2) is 23.5 Å². The Bertz CT molecular complexity index is 356. The molecule has 2 N–H and O–H groups in total. The van der Waals surface area contributed by atoms with Gasteiger partial charge in [-0.05, 0) is 19.4 Å². The molecule has 88 valence electrons. The summed E-state index contributed by atoms with van der Waals surface area (Å²) in [5.74, 6) is 1.46. The monoisotopic (exact) mass is 223 g/mol. The van der Waals surface area contributed by atoms with Gasteiger partial charge in [-0.15, -0.1) is 0 Å². The SMILES string of the molecule is CCc1cnc(CNC(=O)[C@@H]2CCCN2)o1. The van der Waals surface area contributed by atoms with E-state index in [0.29, 0.717) is 12.4 Å². The van der Waals surface area contributed by atoms with Crippen LogP contribution in [0.1, 0.15) is 31.4 Å². The molecule has 2 rings (SSSR count). The number of hydrogen-bond donors (Lipinski definition) is 2. The van der Waals surface area contributed by atoms with E-state index < -0.39 is 0 Å². The molecule has 0 aromatic carbocycles. The first-order valence-corrected chi connectivity index (χ1v) is 5.74. The Hall–Kier alpha value is -1.36. The van der Waals surface area contributed by atoms with Crippen LogP contribution in [0.2, 0.25) is 0 Å². The number of aromatic nitrogens is 1. The number of hydrogen-bond acceptors (Lipinski definition) is 4. The highest BCUT2D eigenvalue weighted by molar-refractivity contribution is 5.81. The van der Waals surface area contributed by atoms with Gasteiger partial charge in [-0.1, -0.05) is 6.92 Å². The fourth-order valence-corrected chi connectivity index (χ4v) is 1.79. The minimum Gasteiger partial charge on any atom is -0.444 e. The third kappa shape index (κ3) is 2.61. The summed E-state index contributed by atoms with van der Waals surface area (Å²) in [4.78, 5) is 15.7. The van der Waals surface area contributed by atoms with Crippen LogP contribution in [0.15, 0.2) is 10.6 Å². The topological polar surface area (TPSA) is 67.2 Å². The second kappa shape index (κ2) is 5.12. The highest BCUT2D eigenvalue weighted by Crippen LogP contribution is 2.06. The summed E-state index contributed by atoms with van der Waals surface area (Å²) in [6, 6.07) is -0.0411. The summed E-state index contributed by atoms with van der Waals surface area (Å²) >= 11 is 0. The Morgan fingerprint density at radius 2 is 2.62 bits per heavy atom. The molecule has 16 heavy (non-hydrogen) atoms. The maximum absolute atomic E-state index is 11.7. The number of oxazole rings is 1. The van der Waals surface area contributed by atoms with Crippen LogP contribution >= 0.6 is 0 Å². The summed E-state index contributed by atoms with van der Waals surface area (Å²) in [6.45, 7) is 3.30. The molecule has 1 fully saturated rings. The molecule has 0 spiro atoms. The maximum Gasteiger partial charge on any atom is 0.237 e. The quantitative estimate of drug-likeness (QED) is 0.784. The third-order valence-corrected chi connectivity index (χ3v) is 2.74. The maximum atomic E-state index is 11.7. The van der Waals surface area contributed by atoms with Crippen molar-refractivity contribution < 1.29 is 9.21 Å². The van der Waals surface area contributed by atoms with Crippen molar-refractivity contribution in [1.29, 1.82) is 0 Å². The molecule has 0 unspecified atom stereocenters. The van der Waals surface area contributed by atoms with Gasteiger partial charge in [0, 0.05) is 6.42 Å². The number of aryl methyl sites for hydroxylation is 1. The molecule has 0 radical (unpaired) electrons. The van der Waals surface area contributed by atoms with E-state index in [9.17, 15) is 4.79 Å². The van der Waals surface area contributed by atoms with Crippen LogP contribution < -0.4 is 10.6 Å². The lowest BCUT2D eigenvalue weighted by atomic mass is 10.2. The van der Waals surface area contributed by atoms with Gasteiger partial charge < -0.3 is 15.1 Å². The Kier molecular flexibility index (Phi) is 3.56. The van der Waals surface area contributed by atoms with Crippen molar-refractivity contribution in [2.75, 3.05) is 6.54 Å². The molecule has 0 aliphatic carbocycles. The Balaban J connectivity index is 1.80. The van der Waals surface area contributed by atoms with Gasteiger partial charge in [0.15, 0.2) is 0 Å². The molecule has 5 heteroatoms. The van der Waals surface area contributed by atoms with E-state index in [-0.39, 0.29) is 11.9 Å². The van der Waals surface area contributed by atoms with Crippen molar-refractivity contribution >= 4 is 5.91 Å². The molecule has 1 aliphatic rings. The average Bonchev–Trinajstić information content (AvgIpc) is 2.96. The lowest BCUT2D eigenvalue weighted by Crippen LogP contribution is -2.40. The van der Waals surface area contributed by atoms with Crippen molar-refractivity contribution in [2.24, 2.45) is 0 Å². The first-order chi connectivity index (χ1) is 7.79. The van der Waals surface area contributed by atoms with Crippen molar-refractivity contribution in [2.45, 2.75) is 38.8 Å². The van der Waals surface area contributed by atoms with E-state index in [1.165, 1.54) is 0 Å². The molecule has 1 saturated heterocycles. The van der Waals surface area contributed by atoms with Crippen LogP contribution in [0, 0.1) is 0 Å². The summed E-state index contributed by atoms with van der Waals surface area (Å²) in [7, 11) is 0. The minimum absolute atomic E-state index is 0.0359.